The van der Waals surface area contributed by atoms with Crippen LogP contribution in [-0.4, -0.2) is 22.5 Å². The number of hydrogen-bond donors (Lipinski definition) is 2. The van der Waals surface area contributed by atoms with Crippen LogP contribution in [0.25, 0.3) is 0 Å². The molecule has 17 heavy (non-hydrogen) atoms. The van der Waals surface area contributed by atoms with Gasteiger partial charge in [-0.15, -0.1) is 0 Å². The second-order valence-corrected chi connectivity index (χ2v) is 4.76. The van der Waals surface area contributed by atoms with E-state index in [0.717, 1.165) is 6.42 Å². The topological polar surface area (TPSA) is 62.2 Å². The van der Waals surface area contributed by atoms with Crippen LogP contribution in [0.1, 0.15) is 43.1 Å². The third-order valence-corrected chi connectivity index (χ3v) is 3.79. The van der Waals surface area contributed by atoms with E-state index in [0.29, 0.717) is 6.54 Å². The summed E-state index contributed by atoms with van der Waals surface area (Å²) in [6.07, 6.45) is 6.20. The third kappa shape index (κ3) is 2.40. The van der Waals surface area contributed by atoms with Crippen molar-refractivity contribution in [3.8, 4) is 5.75 Å². The molecule has 2 rings (SSSR count). The molecule has 1 saturated carbocycles. The van der Waals surface area contributed by atoms with Gasteiger partial charge < -0.3 is 10.4 Å². The molecule has 0 saturated heterocycles. The van der Waals surface area contributed by atoms with Crippen LogP contribution in [0.3, 0.4) is 0 Å². The Morgan fingerprint density at radius 2 is 2.35 bits per heavy atom. The number of amides is 1. The Hall–Kier alpha value is -1.58. The molecule has 0 aromatic carbocycles. The number of carbonyl (C=O) groups is 1. The summed E-state index contributed by atoms with van der Waals surface area (Å²) in [6, 6.07) is 3.08. The van der Waals surface area contributed by atoms with Crippen molar-refractivity contribution in [2.75, 3.05) is 6.54 Å². The smallest absolute Gasteiger partial charge is 0.273 e. The predicted octanol–water partition coefficient (Wildman–Crippen LogP) is 2.10. The lowest BCUT2D eigenvalue weighted by Gasteiger charge is -2.41. The molecule has 0 aliphatic heterocycles. The van der Waals surface area contributed by atoms with Crippen molar-refractivity contribution >= 4 is 5.91 Å². The van der Waals surface area contributed by atoms with Crippen molar-refractivity contribution in [3.63, 3.8) is 0 Å². The van der Waals surface area contributed by atoms with E-state index in [4.69, 9.17) is 0 Å². The van der Waals surface area contributed by atoms with Gasteiger partial charge in [0.25, 0.3) is 5.91 Å². The fourth-order valence-corrected chi connectivity index (χ4v) is 2.26. The predicted molar refractivity (Wildman–Crippen MR) is 64.8 cm³/mol. The summed E-state index contributed by atoms with van der Waals surface area (Å²) in [4.78, 5) is 15.7. The lowest BCUT2D eigenvalue weighted by molar-refractivity contribution is 0.0843. The largest absolute Gasteiger partial charge is 0.505 e. The summed E-state index contributed by atoms with van der Waals surface area (Å²) in [5, 5.41) is 12.4. The van der Waals surface area contributed by atoms with Crippen molar-refractivity contribution in [2.45, 2.75) is 32.6 Å². The fourth-order valence-electron chi connectivity index (χ4n) is 2.26. The number of nitrogens with one attached hydrogen (secondary N) is 1. The van der Waals surface area contributed by atoms with Gasteiger partial charge in [0, 0.05) is 12.7 Å². The van der Waals surface area contributed by atoms with Crippen molar-refractivity contribution < 1.29 is 9.90 Å². The molecule has 1 heterocycles. The zero-order valence-electron chi connectivity index (χ0n) is 10.1. The number of hydrogen-bond acceptors (Lipinski definition) is 3. The summed E-state index contributed by atoms with van der Waals surface area (Å²) in [7, 11) is 0. The third-order valence-electron chi connectivity index (χ3n) is 3.79. The number of pyridine rings is 1. The van der Waals surface area contributed by atoms with Crippen LogP contribution in [0.5, 0.6) is 5.75 Å². The minimum atomic E-state index is -0.289. The molecule has 0 unspecified atom stereocenters. The van der Waals surface area contributed by atoms with E-state index in [1.54, 1.807) is 6.07 Å². The van der Waals surface area contributed by atoms with Gasteiger partial charge in [0.05, 0.1) is 0 Å². The van der Waals surface area contributed by atoms with Crippen molar-refractivity contribution in [3.05, 3.63) is 24.0 Å². The zero-order valence-corrected chi connectivity index (χ0v) is 10.1. The van der Waals surface area contributed by atoms with E-state index in [1.165, 1.54) is 31.5 Å². The van der Waals surface area contributed by atoms with Gasteiger partial charge in [0.15, 0.2) is 5.69 Å². The van der Waals surface area contributed by atoms with Gasteiger partial charge in [-0.25, -0.2) is 4.98 Å². The van der Waals surface area contributed by atoms with E-state index >= 15 is 0 Å². The minimum absolute atomic E-state index is 0.0656. The van der Waals surface area contributed by atoms with E-state index in [-0.39, 0.29) is 22.8 Å². The van der Waals surface area contributed by atoms with Gasteiger partial charge in [0.2, 0.25) is 0 Å². The zero-order chi connectivity index (χ0) is 12.3. The van der Waals surface area contributed by atoms with E-state index in [9.17, 15) is 9.90 Å². The van der Waals surface area contributed by atoms with Gasteiger partial charge in [-0.1, -0.05) is 13.3 Å². The molecule has 4 heteroatoms. The fraction of sp³-hybridized carbons (Fsp3) is 0.538. The highest BCUT2D eigenvalue weighted by Crippen LogP contribution is 2.43. The maximum atomic E-state index is 11.8. The molecule has 4 nitrogen and oxygen atoms in total. The highest BCUT2D eigenvalue weighted by Gasteiger charge is 2.35. The van der Waals surface area contributed by atoms with Crippen LogP contribution < -0.4 is 5.32 Å². The molecule has 1 aliphatic carbocycles. The first-order valence-corrected chi connectivity index (χ1v) is 6.09. The van der Waals surface area contributed by atoms with E-state index in [2.05, 4.69) is 17.2 Å². The van der Waals surface area contributed by atoms with Gasteiger partial charge in [-0.3, -0.25) is 4.79 Å². The quantitative estimate of drug-likeness (QED) is 0.838. The molecule has 92 valence electrons. The second-order valence-electron chi connectivity index (χ2n) is 4.76. The number of carbonyl (C=O) groups excluding carboxylic acids is 1. The first-order valence-electron chi connectivity index (χ1n) is 6.09. The Balaban J connectivity index is 1.96. The Kier molecular flexibility index (Phi) is 3.31. The molecule has 0 spiro atoms. The molecule has 1 fully saturated rings. The minimum Gasteiger partial charge on any atom is -0.505 e. The van der Waals surface area contributed by atoms with Gasteiger partial charge in [-0.2, -0.15) is 0 Å². The van der Waals surface area contributed by atoms with Crippen LogP contribution in [0.15, 0.2) is 18.3 Å². The molecule has 1 amide bonds. The molecule has 0 bridgehead atoms. The van der Waals surface area contributed by atoms with Crippen LogP contribution in [-0.2, 0) is 0 Å². The number of rotatable bonds is 4. The Labute approximate surface area is 101 Å². The number of aromatic hydroxyl groups is 1. The van der Waals surface area contributed by atoms with Crippen LogP contribution in [0.4, 0.5) is 0 Å². The standard InChI is InChI=1S/C13H18N2O2/c1-2-13(6-4-7-13)9-15-12(17)11-10(16)5-3-8-14-11/h3,5,8,16H,2,4,6-7,9H2,1H3,(H,15,17). The van der Waals surface area contributed by atoms with Gasteiger partial charge >= 0.3 is 0 Å². The van der Waals surface area contributed by atoms with Crippen molar-refractivity contribution in [1.29, 1.82) is 0 Å². The van der Waals surface area contributed by atoms with Crippen LogP contribution in [0, 0.1) is 5.41 Å². The van der Waals surface area contributed by atoms with Crippen LogP contribution >= 0.6 is 0 Å². The highest BCUT2D eigenvalue weighted by atomic mass is 16.3. The lowest BCUT2D eigenvalue weighted by atomic mass is 9.67. The lowest BCUT2D eigenvalue weighted by Crippen LogP contribution is -2.41. The Morgan fingerprint density at radius 1 is 1.59 bits per heavy atom. The maximum Gasteiger partial charge on any atom is 0.273 e. The summed E-state index contributed by atoms with van der Waals surface area (Å²) in [5.41, 5.74) is 0.387. The molecule has 1 aromatic heterocycles. The monoisotopic (exact) mass is 234 g/mol. The molecule has 2 N–H and O–H groups in total. The average molecular weight is 234 g/mol. The first kappa shape index (κ1) is 11.9. The number of nitrogens with zero attached hydrogens (tertiary/aromatic N) is 1. The molecule has 0 atom stereocenters. The van der Waals surface area contributed by atoms with E-state index < -0.39 is 0 Å². The molecule has 1 aromatic rings. The van der Waals surface area contributed by atoms with Crippen molar-refractivity contribution in [1.82, 2.24) is 10.3 Å². The molecular weight excluding hydrogens is 216 g/mol. The van der Waals surface area contributed by atoms with E-state index in [1.807, 2.05) is 0 Å². The summed E-state index contributed by atoms with van der Waals surface area (Å²) < 4.78 is 0. The van der Waals surface area contributed by atoms with Gasteiger partial charge in [-0.05, 0) is 36.8 Å². The molecule has 1 aliphatic rings. The highest BCUT2D eigenvalue weighted by molar-refractivity contribution is 5.94. The second kappa shape index (κ2) is 4.73. The normalized spacial score (nSPS) is 17.2. The van der Waals surface area contributed by atoms with Crippen LogP contribution in [0.2, 0.25) is 0 Å². The molecule has 0 radical (unpaired) electrons. The summed E-state index contributed by atoms with van der Waals surface area (Å²) >= 11 is 0. The Bertz CT molecular complexity index is 408. The number of aromatic nitrogens is 1. The average Bonchev–Trinajstić information content (AvgIpc) is 2.28. The van der Waals surface area contributed by atoms with Gasteiger partial charge in [0.1, 0.15) is 5.75 Å². The Morgan fingerprint density at radius 3 is 2.88 bits per heavy atom. The first-order chi connectivity index (χ1) is 8.17. The summed E-state index contributed by atoms with van der Waals surface area (Å²) in [5.74, 6) is -0.355. The van der Waals surface area contributed by atoms with Crippen molar-refractivity contribution in [2.24, 2.45) is 5.41 Å². The summed E-state index contributed by atoms with van der Waals surface area (Å²) in [6.45, 7) is 2.84. The SMILES string of the molecule is CCC1(CNC(=O)c2ncccc2O)CCC1. The maximum absolute atomic E-state index is 11.8. The molecular formula is C13H18N2O2.